The van der Waals surface area contributed by atoms with Gasteiger partial charge in [0.25, 0.3) is 5.78 Å². The lowest BCUT2D eigenvalue weighted by molar-refractivity contribution is -0.137. The van der Waals surface area contributed by atoms with Crippen molar-refractivity contribution in [2.75, 3.05) is 5.32 Å². The number of benzene rings is 1. The Morgan fingerprint density at radius 3 is 2.64 bits per heavy atom. The van der Waals surface area contributed by atoms with E-state index in [1.807, 2.05) is 19.9 Å². The zero-order chi connectivity index (χ0) is 20.6. The Hall–Kier alpha value is -2.33. The molecule has 3 rings (SSSR count). The van der Waals surface area contributed by atoms with E-state index < -0.39 is 22.9 Å². The van der Waals surface area contributed by atoms with E-state index in [-0.39, 0.29) is 10.7 Å². The minimum absolute atomic E-state index is 0.0157. The van der Waals surface area contributed by atoms with Crippen LogP contribution < -0.4 is 5.32 Å². The van der Waals surface area contributed by atoms with Crippen molar-refractivity contribution in [1.82, 2.24) is 19.6 Å². The molecule has 0 saturated heterocycles. The van der Waals surface area contributed by atoms with Gasteiger partial charge in [0.1, 0.15) is 0 Å². The van der Waals surface area contributed by atoms with Crippen LogP contribution >= 0.6 is 23.4 Å². The first-order valence-electron chi connectivity index (χ1n) is 8.10. The van der Waals surface area contributed by atoms with Crippen LogP contribution in [0.15, 0.2) is 29.4 Å². The standard InChI is InChI=1S/C17H15ClF3N5OS/c1-8-6-9(2)26-15(22-8)24-25-16(26)28-10(3)14(27)23-13-7-11(17(19,20)21)4-5-12(13)18/h4-7,10H,1-3H3,(H,23,27)/t10-/m1/s1. The summed E-state index contributed by atoms with van der Waals surface area (Å²) in [5.74, 6) is -0.103. The van der Waals surface area contributed by atoms with E-state index in [2.05, 4.69) is 20.5 Å². The number of nitrogens with zero attached hydrogens (tertiary/aromatic N) is 4. The second-order valence-electron chi connectivity index (χ2n) is 6.10. The molecular formula is C17H15ClF3N5OS. The maximum Gasteiger partial charge on any atom is 0.416 e. The van der Waals surface area contributed by atoms with Crippen molar-refractivity contribution in [1.29, 1.82) is 0 Å². The van der Waals surface area contributed by atoms with E-state index in [1.54, 1.807) is 11.3 Å². The van der Waals surface area contributed by atoms with Gasteiger partial charge in [-0.2, -0.15) is 13.2 Å². The molecular weight excluding hydrogens is 415 g/mol. The van der Waals surface area contributed by atoms with Crippen molar-refractivity contribution < 1.29 is 18.0 Å². The van der Waals surface area contributed by atoms with Gasteiger partial charge in [0.2, 0.25) is 5.91 Å². The second-order valence-corrected chi connectivity index (χ2v) is 7.81. The van der Waals surface area contributed by atoms with Crippen molar-refractivity contribution in [3.05, 3.63) is 46.2 Å². The molecule has 6 nitrogen and oxygen atoms in total. The number of fused-ring (bicyclic) bond motifs is 1. The second kappa shape index (κ2) is 7.59. The number of carbonyl (C=O) groups excluding carboxylic acids is 1. The molecule has 0 aliphatic rings. The topological polar surface area (TPSA) is 72.2 Å². The molecule has 11 heteroatoms. The summed E-state index contributed by atoms with van der Waals surface area (Å²) in [5, 5.41) is 10.3. The summed E-state index contributed by atoms with van der Waals surface area (Å²) in [6.45, 7) is 5.31. The van der Waals surface area contributed by atoms with E-state index in [4.69, 9.17) is 11.6 Å². The zero-order valence-electron chi connectivity index (χ0n) is 15.0. The van der Waals surface area contributed by atoms with Crippen LogP contribution in [0.3, 0.4) is 0 Å². The average molecular weight is 430 g/mol. The van der Waals surface area contributed by atoms with Crippen LogP contribution in [0.5, 0.6) is 0 Å². The molecule has 0 saturated carbocycles. The molecule has 0 unspecified atom stereocenters. The van der Waals surface area contributed by atoms with E-state index in [0.717, 1.165) is 41.3 Å². The van der Waals surface area contributed by atoms with Gasteiger partial charge < -0.3 is 5.32 Å². The van der Waals surface area contributed by atoms with Gasteiger partial charge in [-0.25, -0.2) is 4.98 Å². The smallest absolute Gasteiger partial charge is 0.324 e. The summed E-state index contributed by atoms with van der Waals surface area (Å²) in [5.41, 5.74) is 0.643. The van der Waals surface area contributed by atoms with Crippen molar-refractivity contribution in [2.24, 2.45) is 0 Å². The number of carbonyl (C=O) groups is 1. The highest BCUT2D eigenvalue weighted by Gasteiger charge is 2.31. The highest BCUT2D eigenvalue weighted by molar-refractivity contribution is 8.00. The summed E-state index contributed by atoms with van der Waals surface area (Å²) in [7, 11) is 0. The summed E-state index contributed by atoms with van der Waals surface area (Å²) in [6, 6.07) is 4.62. The molecule has 0 spiro atoms. The van der Waals surface area contributed by atoms with Gasteiger partial charge in [-0.1, -0.05) is 23.4 Å². The number of anilines is 1. The monoisotopic (exact) mass is 429 g/mol. The molecule has 0 aliphatic carbocycles. The Morgan fingerprint density at radius 2 is 1.96 bits per heavy atom. The third kappa shape index (κ3) is 4.22. The van der Waals surface area contributed by atoms with Gasteiger partial charge in [0.15, 0.2) is 5.16 Å². The molecule has 1 N–H and O–H groups in total. The van der Waals surface area contributed by atoms with Gasteiger partial charge in [-0.05, 0) is 45.0 Å². The fraction of sp³-hybridized carbons (Fsp3) is 0.294. The lowest BCUT2D eigenvalue weighted by atomic mass is 10.2. The SMILES string of the molecule is Cc1cc(C)n2c(S[C@H](C)C(=O)Nc3cc(C(F)(F)F)ccc3Cl)nnc2n1. The van der Waals surface area contributed by atoms with E-state index in [9.17, 15) is 18.0 Å². The van der Waals surface area contributed by atoms with Gasteiger partial charge in [0.05, 0.1) is 21.5 Å². The Kier molecular flexibility index (Phi) is 5.53. The maximum absolute atomic E-state index is 12.9. The first-order chi connectivity index (χ1) is 13.1. The number of thioether (sulfide) groups is 1. The van der Waals surface area contributed by atoms with E-state index in [1.165, 1.54) is 0 Å². The van der Waals surface area contributed by atoms with Crippen LogP contribution in [0.25, 0.3) is 5.78 Å². The average Bonchev–Trinajstić information content (AvgIpc) is 2.98. The van der Waals surface area contributed by atoms with Crippen molar-refractivity contribution >= 4 is 40.7 Å². The zero-order valence-corrected chi connectivity index (χ0v) is 16.6. The van der Waals surface area contributed by atoms with Crippen molar-refractivity contribution in [3.63, 3.8) is 0 Å². The van der Waals surface area contributed by atoms with E-state index in [0.29, 0.717) is 10.9 Å². The summed E-state index contributed by atoms with van der Waals surface area (Å²) in [4.78, 5) is 16.8. The largest absolute Gasteiger partial charge is 0.416 e. The Balaban J connectivity index is 1.79. The molecule has 0 aliphatic heterocycles. The third-order valence-electron chi connectivity index (χ3n) is 3.87. The van der Waals surface area contributed by atoms with E-state index >= 15 is 0 Å². The Bertz CT molecular complexity index is 1050. The molecule has 2 aromatic heterocycles. The lowest BCUT2D eigenvalue weighted by Crippen LogP contribution is -2.23. The molecule has 1 aromatic carbocycles. The Morgan fingerprint density at radius 1 is 1.25 bits per heavy atom. The fourth-order valence-corrected chi connectivity index (χ4v) is 3.59. The number of aromatic nitrogens is 4. The van der Waals surface area contributed by atoms with Crippen LogP contribution in [0, 0.1) is 13.8 Å². The number of hydrogen-bond donors (Lipinski definition) is 1. The van der Waals surface area contributed by atoms with Crippen LogP contribution in [0.1, 0.15) is 23.9 Å². The number of nitrogens with one attached hydrogen (secondary N) is 1. The molecule has 3 aromatic rings. The summed E-state index contributed by atoms with van der Waals surface area (Å²) >= 11 is 7.04. The molecule has 0 bridgehead atoms. The molecule has 2 heterocycles. The highest BCUT2D eigenvalue weighted by Crippen LogP contribution is 2.34. The Labute approximate surface area is 167 Å². The first-order valence-corrected chi connectivity index (χ1v) is 9.35. The minimum atomic E-state index is -4.53. The maximum atomic E-state index is 12.9. The van der Waals surface area contributed by atoms with Gasteiger partial charge in [-0.15, -0.1) is 10.2 Å². The minimum Gasteiger partial charge on any atom is -0.324 e. The fourth-order valence-electron chi connectivity index (χ4n) is 2.52. The number of alkyl halides is 3. The van der Waals surface area contributed by atoms with Crippen LogP contribution in [-0.2, 0) is 11.0 Å². The lowest BCUT2D eigenvalue weighted by Gasteiger charge is -2.14. The third-order valence-corrected chi connectivity index (χ3v) is 5.24. The van der Waals surface area contributed by atoms with Gasteiger partial charge in [-0.3, -0.25) is 9.20 Å². The number of hydrogen-bond acceptors (Lipinski definition) is 5. The number of amides is 1. The molecule has 1 amide bonds. The van der Waals surface area contributed by atoms with Gasteiger partial charge in [0, 0.05) is 11.4 Å². The number of aryl methyl sites for hydroxylation is 2. The molecule has 0 radical (unpaired) electrons. The summed E-state index contributed by atoms with van der Waals surface area (Å²) < 4.78 is 40.3. The van der Waals surface area contributed by atoms with Gasteiger partial charge >= 0.3 is 6.18 Å². The number of halogens is 4. The van der Waals surface area contributed by atoms with Crippen molar-refractivity contribution in [2.45, 2.75) is 37.4 Å². The predicted octanol–water partition coefficient (Wildman–Crippen LogP) is 4.53. The normalized spacial score (nSPS) is 13.0. The quantitative estimate of drug-likeness (QED) is 0.617. The van der Waals surface area contributed by atoms with Crippen LogP contribution in [0.2, 0.25) is 5.02 Å². The van der Waals surface area contributed by atoms with Crippen LogP contribution in [-0.4, -0.2) is 30.7 Å². The molecule has 1 atom stereocenters. The number of rotatable bonds is 4. The molecule has 28 heavy (non-hydrogen) atoms. The van der Waals surface area contributed by atoms with Crippen molar-refractivity contribution in [3.8, 4) is 0 Å². The summed E-state index contributed by atoms with van der Waals surface area (Å²) in [6.07, 6.45) is -4.53. The highest BCUT2D eigenvalue weighted by atomic mass is 35.5. The molecule has 0 fully saturated rings. The van der Waals surface area contributed by atoms with Crippen LogP contribution in [0.4, 0.5) is 18.9 Å². The predicted molar refractivity (Wildman–Crippen MR) is 101 cm³/mol. The molecule has 148 valence electrons. The first kappa shape index (κ1) is 20.4.